The summed E-state index contributed by atoms with van der Waals surface area (Å²) in [7, 11) is 0. The van der Waals surface area contributed by atoms with Crippen molar-refractivity contribution in [2.24, 2.45) is 0 Å². The number of nitrogens with one attached hydrogen (secondary N) is 1. The topological polar surface area (TPSA) is 107 Å². The first-order chi connectivity index (χ1) is 13.1. The molecule has 0 aliphatic rings. The van der Waals surface area contributed by atoms with Crippen molar-refractivity contribution in [1.29, 1.82) is 0 Å². The summed E-state index contributed by atoms with van der Waals surface area (Å²) in [6.45, 7) is 3.71. The van der Waals surface area contributed by atoms with Crippen LogP contribution in [0.1, 0.15) is 23.2 Å². The number of carbonyl (C=O) groups excluding carboxylic acids is 1. The van der Waals surface area contributed by atoms with Crippen molar-refractivity contribution in [3.8, 4) is 11.5 Å². The van der Waals surface area contributed by atoms with Gasteiger partial charge in [0.1, 0.15) is 23.7 Å². The van der Waals surface area contributed by atoms with Gasteiger partial charge < -0.3 is 10.1 Å². The Kier molecular flexibility index (Phi) is 4.17. The highest BCUT2D eigenvalue weighted by Gasteiger charge is 2.16. The van der Waals surface area contributed by atoms with Gasteiger partial charge in [-0.25, -0.2) is 15.0 Å². The number of fused-ring (bicyclic) bond motifs is 1. The standard InChI is InChI=1S/C18H15N7O2.H2/c1-11-3-4-16(21-6-11)23-18(26)15-5-13(9-25-10-22-24-17(15)25)27-14-7-19-12(2)20-8-14;/h3-10H,1-2H3,(H,21,23,26);1H. The Balaban J connectivity index is 0.00000225. The van der Waals surface area contributed by atoms with E-state index >= 15 is 0 Å². The zero-order valence-corrected chi connectivity index (χ0v) is 14.6. The van der Waals surface area contributed by atoms with Crippen molar-refractivity contribution in [2.45, 2.75) is 13.8 Å². The van der Waals surface area contributed by atoms with Gasteiger partial charge >= 0.3 is 0 Å². The van der Waals surface area contributed by atoms with Crippen LogP contribution in [-0.2, 0) is 0 Å². The minimum atomic E-state index is -0.366. The van der Waals surface area contributed by atoms with Crippen LogP contribution < -0.4 is 10.1 Å². The molecule has 0 spiro atoms. The van der Waals surface area contributed by atoms with Crippen LogP contribution in [0.15, 0.2) is 49.3 Å². The van der Waals surface area contributed by atoms with E-state index in [-0.39, 0.29) is 7.33 Å². The average molecular weight is 363 g/mol. The summed E-state index contributed by atoms with van der Waals surface area (Å²) in [6.07, 6.45) is 7.98. The van der Waals surface area contributed by atoms with Crippen molar-refractivity contribution >= 4 is 17.4 Å². The number of nitrogens with zero attached hydrogens (tertiary/aromatic N) is 6. The molecule has 0 aliphatic carbocycles. The third-order valence-electron chi connectivity index (χ3n) is 3.76. The summed E-state index contributed by atoms with van der Waals surface area (Å²) < 4.78 is 7.38. The minimum Gasteiger partial charge on any atom is -0.453 e. The molecule has 4 aromatic heterocycles. The molecule has 0 atom stereocenters. The molecular weight excluding hydrogens is 346 g/mol. The molecule has 136 valence electrons. The predicted octanol–water partition coefficient (Wildman–Crippen LogP) is 2.82. The lowest BCUT2D eigenvalue weighted by Gasteiger charge is -2.09. The number of carbonyl (C=O) groups is 1. The van der Waals surface area contributed by atoms with Crippen molar-refractivity contribution in [3.05, 3.63) is 66.3 Å². The molecule has 0 saturated carbocycles. The fraction of sp³-hybridized carbons (Fsp3) is 0.111. The number of anilines is 1. The van der Waals surface area contributed by atoms with Gasteiger partial charge in [-0.15, -0.1) is 10.2 Å². The van der Waals surface area contributed by atoms with E-state index in [9.17, 15) is 4.79 Å². The maximum Gasteiger partial charge on any atom is 0.260 e. The largest absolute Gasteiger partial charge is 0.453 e. The van der Waals surface area contributed by atoms with Crippen LogP contribution in [0.3, 0.4) is 0 Å². The minimum absolute atomic E-state index is 0. The Labute approximate surface area is 155 Å². The molecule has 0 radical (unpaired) electrons. The summed E-state index contributed by atoms with van der Waals surface area (Å²) in [4.78, 5) is 25.1. The molecular formula is C18H17N7O2. The van der Waals surface area contributed by atoms with Gasteiger partial charge in [0.05, 0.1) is 24.2 Å². The van der Waals surface area contributed by atoms with E-state index < -0.39 is 0 Å². The lowest BCUT2D eigenvalue weighted by molar-refractivity contribution is 0.102. The summed E-state index contributed by atoms with van der Waals surface area (Å²) in [5, 5.41) is 10.6. The van der Waals surface area contributed by atoms with E-state index in [2.05, 4.69) is 30.5 Å². The highest BCUT2D eigenvalue weighted by atomic mass is 16.5. The third-order valence-corrected chi connectivity index (χ3v) is 3.76. The van der Waals surface area contributed by atoms with E-state index in [4.69, 9.17) is 4.74 Å². The first-order valence-electron chi connectivity index (χ1n) is 8.12. The van der Waals surface area contributed by atoms with Gasteiger partial charge in [-0.3, -0.25) is 9.20 Å². The number of hydrogen-bond donors (Lipinski definition) is 1. The number of amides is 1. The SMILES string of the molecule is Cc1ccc(NC(=O)c2cc(Oc3cnc(C)nc3)cn3cnnc23)nc1.[HH]. The van der Waals surface area contributed by atoms with Gasteiger partial charge in [0.15, 0.2) is 11.4 Å². The number of ether oxygens (including phenoxy) is 1. The van der Waals surface area contributed by atoms with Crippen LogP contribution in [0.25, 0.3) is 5.65 Å². The van der Waals surface area contributed by atoms with E-state index in [0.717, 1.165) is 5.56 Å². The van der Waals surface area contributed by atoms with Gasteiger partial charge in [0.2, 0.25) is 0 Å². The molecule has 0 saturated heterocycles. The number of pyridine rings is 2. The van der Waals surface area contributed by atoms with Gasteiger partial charge in [0, 0.05) is 7.62 Å². The van der Waals surface area contributed by atoms with E-state index in [1.54, 1.807) is 48.2 Å². The van der Waals surface area contributed by atoms with Crippen molar-refractivity contribution in [3.63, 3.8) is 0 Å². The molecule has 4 aromatic rings. The number of aromatic nitrogens is 6. The van der Waals surface area contributed by atoms with Gasteiger partial charge in [-0.1, -0.05) is 6.07 Å². The Morgan fingerprint density at radius 3 is 2.67 bits per heavy atom. The van der Waals surface area contributed by atoms with Crippen molar-refractivity contribution in [1.82, 2.24) is 29.5 Å². The van der Waals surface area contributed by atoms with Crippen LogP contribution in [-0.4, -0.2) is 35.5 Å². The quantitative estimate of drug-likeness (QED) is 0.594. The van der Waals surface area contributed by atoms with Gasteiger partial charge in [0.25, 0.3) is 5.91 Å². The molecule has 0 aliphatic heterocycles. The molecule has 4 heterocycles. The first kappa shape index (κ1) is 16.6. The normalized spacial score (nSPS) is 10.7. The molecule has 1 N–H and O–H groups in total. The number of hydrogen-bond acceptors (Lipinski definition) is 7. The molecule has 0 aromatic carbocycles. The average Bonchev–Trinajstić information content (AvgIpc) is 3.13. The monoisotopic (exact) mass is 363 g/mol. The van der Waals surface area contributed by atoms with Crippen LogP contribution in [0, 0.1) is 13.8 Å². The Morgan fingerprint density at radius 1 is 1.11 bits per heavy atom. The highest BCUT2D eigenvalue weighted by Crippen LogP contribution is 2.23. The maximum atomic E-state index is 12.7. The molecule has 9 heteroatoms. The molecule has 0 fully saturated rings. The fourth-order valence-electron chi connectivity index (χ4n) is 2.43. The Bertz CT molecular complexity index is 1110. The Morgan fingerprint density at radius 2 is 1.93 bits per heavy atom. The van der Waals surface area contributed by atoms with Gasteiger partial charge in [-0.2, -0.15) is 0 Å². The second-order valence-electron chi connectivity index (χ2n) is 5.89. The third kappa shape index (κ3) is 3.56. The smallest absolute Gasteiger partial charge is 0.260 e. The molecule has 1 amide bonds. The first-order valence-corrected chi connectivity index (χ1v) is 8.12. The van der Waals surface area contributed by atoms with Crippen molar-refractivity contribution < 1.29 is 11.0 Å². The predicted molar refractivity (Wildman–Crippen MR) is 98.9 cm³/mol. The molecule has 0 bridgehead atoms. The zero-order valence-electron chi connectivity index (χ0n) is 14.6. The summed E-state index contributed by atoms with van der Waals surface area (Å²) >= 11 is 0. The zero-order chi connectivity index (χ0) is 18.8. The highest BCUT2D eigenvalue weighted by molar-refractivity contribution is 6.08. The van der Waals surface area contributed by atoms with E-state index in [0.29, 0.717) is 34.4 Å². The summed E-state index contributed by atoms with van der Waals surface area (Å²) in [5.74, 6) is 1.61. The van der Waals surface area contributed by atoms with Crippen LogP contribution in [0.2, 0.25) is 0 Å². The van der Waals surface area contributed by atoms with Crippen LogP contribution in [0.5, 0.6) is 11.5 Å². The lowest BCUT2D eigenvalue weighted by atomic mass is 10.2. The second kappa shape index (κ2) is 6.79. The molecule has 0 unspecified atom stereocenters. The maximum absolute atomic E-state index is 12.7. The van der Waals surface area contributed by atoms with Crippen molar-refractivity contribution in [2.75, 3.05) is 5.32 Å². The fourth-order valence-corrected chi connectivity index (χ4v) is 2.43. The lowest BCUT2D eigenvalue weighted by Crippen LogP contribution is -2.14. The second-order valence-corrected chi connectivity index (χ2v) is 5.89. The van der Waals surface area contributed by atoms with E-state index in [1.165, 1.54) is 6.33 Å². The molecule has 27 heavy (non-hydrogen) atoms. The van der Waals surface area contributed by atoms with E-state index in [1.807, 2.05) is 13.0 Å². The summed E-state index contributed by atoms with van der Waals surface area (Å²) in [5.41, 5.74) is 1.72. The molecule has 4 rings (SSSR count). The number of aryl methyl sites for hydroxylation is 2. The Hall–Kier alpha value is -3.88. The van der Waals surface area contributed by atoms with Crippen LogP contribution >= 0.6 is 0 Å². The van der Waals surface area contributed by atoms with Crippen LogP contribution in [0.4, 0.5) is 5.82 Å². The molecule has 9 nitrogen and oxygen atoms in total. The van der Waals surface area contributed by atoms with Gasteiger partial charge in [-0.05, 0) is 31.5 Å². The number of rotatable bonds is 4. The summed E-state index contributed by atoms with van der Waals surface area (Å²) in [6, 6.07) is 5.19.